The summed E-state index contributed by atoms with van der Waals surface area (Å²) < 4.78 is 5.45. The second-order valence-corrected chi connectivity index (χ2v) is 5.18. The van der Waals surface area contributed by atoms with Crippen molar-refractivity contribution in [1.82, 2.24) is 5.16 Å². The van der Waals surface area contributed by atoms with Gasteiger partial charge in [0.1, 0.15) is 5.76 Å². The quantitative estimate of drug-likeness (QED) is 0.853. The van der Waals surface area contributed by atoms with E-state index in [9.17, 15) is 5.11 Å². The summed E-state index contributed by atoms with van der Waals surface area (Å²) in [4.78, 5) is 0. The number of aliphatic hydroxyl groups excluding tert-OH is 1. The van der Waals surface area contributed by atoms with E-state index in [1.54, 1.807) is 0 Å². The Morgan fingerprint density at radius 1 is 1.06 bits per heavy atom. The molecule has 0 saturated heterocycles. The van der Waals surface area contributed by atoms with Crippen molar-refractivity contribution in [3.63, 3.8) is 0 Å². The molecule has 0 spiro atoms. The summed E-state index contributed by atoms with van der Waals surface area (Å²) in [6.45, 7) is 0.0984. The first-order chi connectivity index (χ1) is 7.90. The van der Waals surface area contributed by atoms with Crippen LogP contribution in [0.25, 0.3) is 0 Å². The molecule has 2 fully saturated rings. The molecule has 88 valence electrons. The third-order valence-corrected chi connectivity index (χ3v) is 3.95. The van der Waals surface area contributed by atoms with Gasteiger partial charge in [0, 0.05) is 17.4 Å². The lowest BCUT2D eigenvalue weighted by Crippen LogP contribution is -2.07. The molecule has 0 radical (unpaired) electrons. The number of aliphatic hydroxyl groups is 1. The van der Waals surface area contributed by atoms with Crippen molar-refractivity contribution < 1.29 is 9.63 Å². The average Bonchev–Trinajstić information content (AvgIpc) is 3.09. The van der Waals surface area contributed by atoms with Crippen molar-refractivity contribution in [2.24, 2.45) is 0 Å². The lowest BCUT2D eigenvalue weighted by Gasteiger charge is -2.20. The molecule has 1 N–H and O–H groups in total. The number of nitrogens with zero attached hydrogens (tertiary/aromatic N) is 1. The smallest absolute Gasteiger partial charge is 0.145 e. The van der Waals surface area contributed by atoms with E-state index >= 15 is 0 Å². The lowest BCUT2D eigenvalue weighted by molar-refractivity contribution is 0.275. The highest BCUT2D eigenvalue weighted by Gasteiger charge is 2.33. The van der Waals surface area contributed by atoms with Crippen LogP contribution in [0.3, 0.4) is 0 Å². The molecule has 0 bridgehead atoms. The van der Waals surface area contributed by atoms with Crippen LogP contribution < -0.4 is 0 Å². The molecule has 2 aliphatic rings. The zero-order chi connectivity index (χ0) is 11.0. The zero-order valence-electron chi connectivity index (χ0n) is 9.61. The fourth-order valence-electron chi connectivity index (χ4n) is 2.86. The highest BCUT2D eigenvalue weighted by Crippen LogP contribution is 2.44. The zero-order valence-corrected chi connectivity index (χ0v) is 9.61. The number of hydrogen-bond acceptors (Lipinski definition) is 3. The van der Waals surface area contributed by atoms with Crippen LogP contribution in [0.4, 0.5) is 0 Å². The second-order valence-electron chi connectivity index (χ2n) is 5.18. The molecule has 0 unspecified atom stereocenters. The van der Waals surface area contributed by atoms with E-state index < -0.39 is 0 Å². The summed E-state index contributed by atoms with van der Waals surface area (Å²) in [5.41, 5.74) is 2.07. The molecule has 3 nitrogen and oxygen atoms in total. The Kier molecular flexibility index (Phi) is 2.72. The normalized spacial score (nSPS) is 22.6. The summed E-state index contributed by atoms with van der Waals surface area (Å²) in [6.07, 6.45) is 8.76. The minimum atomic E-state index is 0.0984. The monoisotopic (exact) mass is 221 g/mol. The predicted octanol–water partition coefficient (Wildman–Crippen LogP) is 3.09. The van der Waals surface area contributed by atoms with Gasteiger partial charge in [-0.25, -0.2) is 0 Å². The van der Waals surface area contributed by atoms with Crippen LogP contribution in [-0.2, 0) is 6.61 Å². The van der Waals surface area contributed by atoms with Gasteiger partial charge in [-0.1, -0.05) is 24.4 Å². The molecular formula is C13H19NO2. The van der Waals surface area contributed by atoms with Gasteiger partial charge < -0.3 is 9.63 Å². The second kappa shape index (κ2) is 4.21. The average molecular weight is 221 g/mol. The standard InChI is InChI=1S/C13H19NO2/c15-8-11-12(9-4-2-1-3-5-9)14-16-13(11)10-6-7-10/h9-10,15H,1-8H2. The molecule has 1 heterocycles. The fraction of sp³-hybridized carbons (Fsp3) is 0.769. The van der Waals surface area contributed by atoms with E-state index in [2.05, 4.69) is 5.16 Å². The summed E-state index contributed by atoms with van der Waals surface area (Å²) >= 11 is 0. The highest BCUT2D eigenvalue weighted by molar-refractivity contribution is 5.30. The van der Waals surface area contributed by atoms with Gasteiger partial charge in [-0.3, -0.25) is 0 Å². The van der Waals surface area contributed by atoms with Gasteiger partial charge >= 0.3 is 0 Å². The lowest BCUT2D eigenvalue weighted by atomic mass is 9.85. The van der Waals surface area contributed by atoms with Crippen LogP contribution in [0, 0.1) is 0 Å². The van der Waals surface area contributed by atoms with Crippen LogP contribution in [-0.4, -0.2) is 10.3 Å². The van der Waals surface area contributed by atoms with Crippen LogP contribution in [0.1, 0.15) is 73.8 Å². The Morgan fingerprint density at radius 2 is 1.81 bits per heavy atom. The molecule has 0 amide bonds. The largest absolute Gasteiger partial charge is 0.391 e. The van der Waals surface area contributed by atoms with Gasteiger partial charge in [0.15, 0.2) is 0 Å². The van der Waals surface area contributed by atoms with E-state index in [-0.39, 0.29) is 6.61 Å². The van der Waals surface area contributed by atoms with Crippen molar-refractivity contribution in [3.8, 4) is 0 Å². The molecule has 16 heavy (non-hydrogen) atoms. The Bertz CT molecular complexity index is 362. The highest BCUT2D eigenvalue weighted by atomic mass is 16.5. The molecular weight excluding hydrogens is 202 g/mol. The number of hydrogen-bond donors (Lipinski definition) is 1. The SMILES string of the molecule is OCc1c(C2CCCCC2)noc1C1CC1. The molecule has 3 heteroatoms. The van der Waals surface area contributed by atoms with Gasteiger partial charge in [0.05, 0.1) is 12.3 Å². The first-order valence-electron chi connectivity index (χ1n) is 6.49. The summed E-state index contributed by atoms with van der Waals surface area (Å²) in [6, 6.07) is 0. The summed E-state index contributed by atoms with van der Waals surface area (Å²) in [5.74, 6) is 2.06. The summed E-state index contributed by atoms with van der Waals surface area (Å²) in [5, 5.41) is 13.7. The van der Waals surface area contributed by atoms with Gasteiger partial charge in [0.25, 0.3) is 0 Å². The maximum Gasteiger partial charge on any atom is 0.145 e. The Labute approximate surface area is 95.8 Å². The van der Waals surface area contributed by atoms with Gasteiger partial charge in [0.2, 0.25) is 0 Å². The van der Waals surface area contributed by atoms with Crippen LogP contribution >= 0.6 is 0 Å². The number of rotatable bonds is 3. The molecule has 0 aliphatic heterocycles. The van der Waals surface area contributed by atoms with Crippen LogP contribution in [0.15, 0.2) is 4.52 Å². The topological polar surface area (TPSA) is 46.3 Å². The molecule has 2 saturated carbocycles. The van der Waals surface area contributed by atoms with Crippen LogP contribution in [0.5, 0.6) is 0 Å². The maximum absolute atomic E-state index is 9.50. The Hall–Kier alpha value is -0.830. The third kappa shape index (κ3) is 1.77. The van der Waals surface area contributed by atoms with Gasteiger partial charge in [-0.15, -0.1) is 0 Å². The molecule has 1 aromatic rings. The first-order valence-corrected chi connectivity index (χ1v) is 6.49. The predicted molar refractivity (Wildman–Crippen MR) is 60.2 cm³/mol. The fourth-order valence-corrected chi connectivity index (χ4v) is 2.86. The van der Waals surface area contributed by atoms with Crippen LogP contribution in [0.2, 0.25) is 0 Å². The molecule has 0 atom stereocenters. The Balaban J connectivity index is 1.87. The first kappa shape index (κ1) is 10.3. The van der Waals surface area contributed by atoms with Crippen molar-refractivity contribution in [3.05, 3.63) is 17.0 Å². The minimum Gasteiger partial charge on any atom is -0.391 e. The molecule has 0 aromatic carbocycles. The van der Waals surface area contributed by atoms with Gasteiger partial charge in [-0.05, 0) is 25.7 Å². The maximum atomic E-state index is 9.50. The van der Waals surface area contributed by atoms with Crippen molar-refractivity contribution in [2.45, 2.75) is 63.4 Å². The van der Waals surface area contributed by atoms with Gasteiger partial charge in [-0.2, -0.15) is 0 Å². The minimum absolute atomic E-state index is 0.0984. The summed E-state index contributed by atoms with van der Waals surface area (Å²) in [7, 11) is 0. The molecule has 1 aromatic heterocycles. The number of aromatic nitrogens is 1. The van der Waals surface area contributed by atoms with E-state index in [1.165, 1.54) is 44.9 Å². The van der Waals surface area contributed by atoms with E-state index in [0.29, 0.717) is 11.8 Å². The molecule has 2 aliphatic carbocycles. The van der Waals surface area contributed by atoms with E-state index in [0.717, 1.165) is 17.0 Å². The van der Waals surface area contributed by atoms with E-state index in [1.807, 2.05) is 0 Å². The Morgan fingerprint density at radius 3 is 2.44 bits per heavy atom. The third-order valence-electron chi connectivity index (χ3n) is 3.95. The van der Waals surface area contributed by atoms with E-state index in [4.69, 9.17) is 4.52 Å². The van der Waals surface area contributed by atoms with Crippen molar-refractivity contribution >= 4 is 0 Å². The molecule has 3 rings (SSSR count). The van der Waals surface area contributed by atoms with Crippen molar-refractivity contribution in [2.75, 3.05) is 0 Å². The van der Waals surface area contributed by atoms with Crippen molar-refractivity contribution in [1.29, 1.82) is 0 Å².